The highest BCUT2D eigenvalue weighted by Crippen LogP contribution is 2.27. The van der Waals surface area contributed by atoms with E-state index < -0.39 is 17.9 Å². The van der Waals surface area contributed by atoms with Crippen LogP contribution in [-0.4, -0.2) is 17.7 Å². The van der Waals surface area contributed by atoms with Crippen molar-refractivity contribution in [2.24, 2.45) is 0 Å². The second-order valence-electron chi connectivity index (χ2n) is 3.49. The molecule has 0 saturated carbocycles. The predicted molar refractivity (Wildman–Crippen MR) is 57.8 cm³/mol. The summed E-state index contributed by atoms with van der Waals surface area (Å²) in [7, 11) is 0. The largest absolute Gasteiger partial charge is 0.464 e. The van der Waals surface area contributed by atoms with Crippen LogP contribution < -0.4 is 0 Å². The third kappa shape index (κ3) is 2.14. The summed E-state index contributed by atoms with van der Waals surface area (Å²) in [6, 6.07) is 3.88. The number of benzene rings is 1. The molecule has 0 aliphatic heterocycles. The number of hydrogen-bond acceptors (Lipinski definition) is 4. The summed E-state index contributed by atoms with van der Waals surface area (Å²) in [6.45, 7) is 1.77. The number of aliphatic hydroxyl groups is 1. The standard InChI is InChI=1S/C12H11FO4/c1-2-16-12(15)10(14)9-6-8(13)5-7-3-4-17-11(7)9/h3-6,10,14H,2H2,1H3. The lowest BCUT2D eigenvalue weighted by molar-refractivity contribution is -0.153. The molecular formula is C12H11FO4. The summed E-state index contributed by atoms with van der Waals surface area (Å²) >= 11 is 0. The van der Waals surface area contributed by atoms with Gasteiger partial charge in [-0.3, -0.25) is 0 Å². The van der Waals surface area contributed by atoms with Gasteiger partial charge in [0.05, 0.1) is 12.9 Å². The van der Waals surface area contributed by atoms with Crippen LogP contribution in [0.1, 0.15) is 18.6 Å². The Morgan fingerprint density at radius 1 is 1.59 bits per heavy atom. The van der Waals surface area contributed by atoms with Gasteiger partial charge >= 0.3 is 5.97 Å². The molecule has 1 heterocycles. The van der Waals surface area contributed by atoms with E-state index in [9.17, 15) is 14.3 Å². The smallest absolute Gasteiger partial charge is 0.339 e. The minimum atomic E-state index is -1.54. The number of esters is 1. The fraction of sp³-hybridized carbons (Fsp3) is 0.250. The summed E-state index contributed by atoms with van der Waals surface area (Å²) in [5, 5.41) is 10.2. The van der Waals surface area contributed by atoms with Gasteiger partial charge in [-0.2, -0.15) is 0 Å². The first-order chi connectivity index (χ1) is 8.13. The maximum absolute atomic E-state index is 13.3. The van der Waals surface area contributed by atoms with Crippen LogP contribution in [0.15, 0.2) is 28.9 Å². The molecule has 0 radical (unpaired) electrons. The van der Waals surface area contributed by atoms with Gasteiger partial charge in [-0.1, -0.05) is 0 Å². The van der Waals surface area contributed by atoms with Gasteiger partial charge in [0.15, 0.2) is 6.10 Å². The first kappa shape index (κ1) is 11.6. The number of furan rings is 1. The molecule has 0 aliphatic carbocycles. The van der Waals surface area contributed by atoms with Crippen molar-refractivity contribution in [3.63, 3.8) is 0 Å². The first-order valence-electron chi connectivity index (χ1n) is 5.15. The molecule has 2 aromatic rings. The van der Waals surface area contributed by atoms with E-state index in [0.717, 1.165) is 6.07 Å². The van der Waals surface area contributed by atoms with Gasteiger partial charge in [-0.05, 0) is 25.1 Å². The first-order valence-corrected chi connectivity index (χ1v) is 5.15. The number of fused-ring (bicyclic) bond motifs is 1. The van der Waals surface area contributed by atoms with Crippen LogP contribution in [0.3, 0.4) is 0 Å². The zero-order valence-corrected chi connectivity index (χ0v) is 9.14. The van der Waals surface area contributed by atoms with Crippen LogP contribution in [0.4, 0.5) is 4.39 Å². The van der Waals surface area contributed by atoms with Gasteiger partial charge in [0.25, 0.3) is 0 Å². The Morgan fingerprint density at radius 2 is 2.35 bits per heavy atom. The van der Waals surface area contributed by atoms with Gasteiger partial charge in [0.2, 0.25) is 0 Å². The van der Waals surface area contributed by atoms with Crippen molar-refractivity contribution in [2.45, 2.75) is 13.0 Å². The number of carbonyl (C=O) groups is 1. The van der Waals surface area contributed by atoms with Crippen molar-refractivity contribution < 1.29 is 23.4 Å². The maximum Gasteiger partial charge on any atom is 0.339 e. The van der Waals surface area contributed by atoms with E-state index >= 15 is 0 Å². The molecule has 4 nitrogen and oxygen atoms in total. The lowest BCUT2D eigenvalue weighted by Gasteiger charge is -2.10. The van der Waals surface area contributed by atoms with E-state index in [4.69, 9.17) is 4.42 Å². The highest BCUT2D eigenvalue weighted by atomic mass is 19.1. The minimum absolute atomic E-state index is 0.0726. The number of carbonyl (C=O) groups excluding carboxylic acids is 1. The molecule has 90 valence electrons. The Labute approximate surface area is 96.6 Å². The molecule has 0 fully saturated rings. The van der Waals surface area contributed by atoms with Crippen LogP contribution >= 0.6 is 0 Å². The van der Waals surface area contributed by atoms with Crippen LogP contribution in [0.2, 0.25) is 0 Å². The Hall–Kier alpha value is -1.88. The Morgan fingerprint density at radius 3 is 3.06 bits per heavy atom. The SMILES string of the molecule is CCOC(=O)C(O)c1cc(F)cc2ccoc12. The van der Waals surface area contributed by atoms with Crippen molar-refractivity contribution in [2.75, 3.05) is 6.61 Å². The van der Waals surface area contributed by atoms with Crippen molar-refractivity contribution in [3.05, 3.63) is 35.8 Å². The molecule has 1 N–H and O–H groups in total. The number of rotatable bonds is 3. The average molecular weight is 238 g/mol. The zero-order valence-electron chi connectivity index (χ0n) is 9.14. The van der Waals surface area contributed by atoms with Gasteiger partial charge in [0.1, 0.15) is 11.4 Å². The van der Waals surface area contributed by atoms with Crippen LogP contribution in [-0.2, 0) is 9.53 Å². The van der Waals surface area contributed by atoms with Crippen LogP contribution in [0.25, 0.3) is 11.0 Å². The quantitative estimate of drug-likeness (QED) is 0.832. The molecular weight excluding hydrogens is 227 g/mol. The molecule has 1 aromatic carbocycles. The minimum Gasteiger partial charge on any atom is -0.464 e. The third-order valence-electron chi connectivity index (χ3n) is 2.35. The molecule has 0 saturated heterocycles. The van der Waals surface area contributed by atoms with Crippen molar-refractivity contribution >= 4 is 16.9 Å². The van der Waals surface area contributed by atoms with Gasteiger partial charge < -0.3 is 14.3 Å². The lowest BCUT2D eigenvalue weighted by atomic mass is 10.1. The summed E-state index contributed by atoms with van der Waals surface area (Å²) < 4.78 is 23.1. The van der Waals surface area contributed by atoms with E-state index in [1.165, 1.54) is 12.3 Å². The Balaban J connectivity index is 2.46. The number of hydrogen-bond donors (Lipinski definition) is 1. The van der Waals surface area contributed by atoms with E-state index in [2.05, 4.69) is 4.74 Å². The second-order valence-corrected chi connectivity index (χ2v) is 3.49. The fourth-order valence-corrected chi connectivity index (χ4v) is 1.62. The Bertz CT molecular complexity index is 546. The van der Waals surface area contributed by atoms with Crippen molar-refractivity contribution in [3.8, 4) is 0 Å². The highest BCUT2D eigenvalue weighted by molar-refractivity contribution is 5.86. The summed E-state index contributed by atoms with van der Waals surface area (Å²) in [4.78, 5) is 11.4. The van der Waals surface area contributed by atoms with E-state index in [-0.39, 0.29) is 17.8 Å². The van der Waals surface area contributed by atoms with Gasteiger partial charge in [0, 0.05) is 10.9 Å². The van der Waals surface area contributed by atoms with Crippen molar-refractivity contribution in [1.82, 2.24) is 0 Å². The number of ether oxygens (including phenoxy) is 1. The summed E-state index contributed by atoms with van der Waals surface area (Å²) in [6.07, 6.45) is -0.176. The molecule has 0 amide bonds. The van der Waals surface area contributed by atoms with Crippen LogP contribution in [0, 0.1) is 5.82 Å². The monoisotopic (exact) mass is 238 g/mol. The Kier molecular flexibility index (Phi) is 3.10. The van der Waals surface area contributed by atoms with Crippen LogP contribution in [0.5, 0.6) is 0 Å². The predicted octanol–water partition coefficient (Wildman–Crippen LogP) is 2.17. The maximum atomic E-state index is 13.3. The third-order valence-corrected chi connectivity index (χ3v) is 2.35. The number of halogens is 1. The topological polar surface area (TPSA) is 59.7 Å². The van der Waals surface area contributed by atoms with E-state index in [0.29, 0.717) is 5.39 Å². The molecule has 1 atom stereocenters. The molecule has 17 heavy (non-hydrogen) atoms. The summed E-state index contributed by atoms with van der Waals surface area (Å²) in [5.41, 5.74) is 0.357. The molecule has 1 aromatic heterocycles. The van der Waals surface area contributed by atoms with Gasteiger partial charge in [-0.25, -0.2) is 9.18 Å². The van der Waals surface area contributed by atoms with Gasteiger partial charge in [-0.15, -0.1) is 0 Å². The highest BCUT2D eigenvalue weighted by Gasteiger charge is 2.23. The molecule has 2 rings (SSSR count). The molecule has 0 bridgehead atoms. The summed E-state index contributed by atoms with van der Waals surface area (Å²) in [5.74, 6) is -1.37. The zero-order chi connectivity index (χ0) is 12.4. The second kappa shape index (κ2) is 4.55. The molecule has 5 heteroatoms. The molecule has 1 unspecified atom stereocenters. The van der Waals surface area contributed by atoms with Crippen molar-refractivity contribution in [1.29, 1.82) is 0 Å². The fourth-order valence-electron chi connectivity index (χ4n) is 1.62. The van der Waals surface area contributed by atoms with E-state index in [1.54, 1.807) is 13.0 Å². The van der Waals surface area contributed by atoms with E-state index in [1.807, 2.05) is 0 Å². The average Bonchev–Trinajstić information content (AvgIpc) is 2.75. The molecule has 0 aliphatic rings. The molecule has 0 spiro atoms. The number of aliphatic hydroxyl groups excluding tert-OH is 1. The lowest BCUT2D eigenvalue weighted by Crippen LogP contribution is -2.15. The normalized spacial score (nSPS) is 12.6.